The molecule has 2 saturated heterocycles. The minimum absolute atomic E-state index is 0.0850. The Balaban J connectivity index is 1.16. The summed E-state index contributed by atoms with van der Waals surface area (Å²) in [4.78, 5) is 54.5. The molecule has 2 aromatic carbocycles. The first-order valence-corrected chi connectivity index (χ1v) is 12.0. The molecule has 3 amide bonds. The lowest BCUT2D eigenvalue weighted by atomic mass is 9.81. The molecule has 2 aliphatic heterocycles. The molecule has 2 aliphatic carbocycles. The predicted octanol–water partition coefficient (Wildman–Crippen LogP) is 3.49. The summed E-state index contributed by atoms with van der Waals surface area (Å²) < 4.78 is 5.60. The number of anilines is 2. The summed E-state index contributed by atoms with van der Waals surface area (Å²) in [5.41, 5.74) is 2.30. The van der Waals surface area contributed by atoms with E-state index in [1.807, 2.05) is 31.2 Å². The molecule has 34 heavy (non-hydrogen) atoms. The topological polar surface area (TPSA) is 84.0 Å². The molecule has 7 nitrogen and oxygen atoms in total. The van der Waals surface area contributed by atoms with Crippen molar-refractivity contribution in [1.29, 1.82) is 0 Å². The van der Waals surface area contributed by atoms with Crippen molar-refractivity contribution >= 4 is 35.1 Å². The SMILES string of the molecule is Cc1ccc(N2C[C@H](C(=O)Oc3cccc(N4C(=O)[C@@H]5[C@H]6CC[C@@H](C6)[C@@H]5C4=O)c3)CC2=O)cc1. The zero-order chi connectivity index (χ0) is 23.6. The normalized spacial score (nSPS) is 29.8. The summed E-state index contributed by atoms with van der Waals surface area (Å²) in [5.74, 6) is -0.941. The molecule has 0 aromatic heterocycles. The van der Waals surface area contributed by atoms with E-state index in [0.717, 1.165) is 30.5 Å². The van der Waals surface area contributed by atoms with Crippen LogP contribution in [0.25, 0.3) is 0 Å². The van der Waals surface area contributed by atoms with Crippen LogP contribution in [-0.4, -0.2) is 30.2 Å². The summed E-state index contributed by atoms with van der Waals surface area (Å²) >= 11 is 0. The molecule has 0 unspecified atom stereocenters. The number of hydrogen-bond donors (Lipinski definition) is 0. The monoisotopic (exact) mass is 458 g/mol. The van der Waals surface area contributed by atoms with Crippen molar-refractivity contribution in [2.45, 2.75) is 32.6 Å². The van der Waals surface area contributed by atoms with E-state index in [4.69, 9.17) is 4.74 Å². The second-order valence-electron chi connectivity index (χ2n) is 10.1. The molecule has 4 fully saturated rings. The van der Waals surface area contributed by atoms with Crippen LogP contribution in [0.1, 0.15) is 31.2 Å². The number of carbonyl (C=O) groups is 4. The third-order valence-corrected chi connectivity index (χ3v) is 8.03. The fraction of sp³-hybridized carbons (Fsp3) is 0.407. The van der Waals surface area contributed by atoms with Crippen LogP contribution in [0.3, 0.4) is 0 Å². The maximum atomic E-state index is 13.1. The Hall–Kier alpha value is -3.48. The van der Waals surface area contributed by atoms with Crippen LogP contribution >= 0.6 is 0 Å². The molecule has 0 spiro atoms. The van der Waals surface area contributed by atoms with Crippen molar-refractivity contribution in [3.8, 4) is 5.75 Å². The van der Waals surface area contributed by atoms with Crippen LogP contribution in [-0.2, 0) is 19.2 Å². The van der Waals surface area contributed by atoms with E-state index in [1.54, 1.807) is 29.2 Å². The highest BCUT2D eigenvalue weighted by Crippen LogP contribution is 2.56. The van der Waals surface area contributed by atoms with Crippen LogP contribution in [0.5, 0.6) is 5.75 Å². The number of esters is 1. The third kappa shape index (κ3) is 3.25. The van der Waals surface area contributed by atoms with E-state index < -0.39 is 11.9 Å². The van der Waals surface area contributed by atoms with E-state index in [9.17, 15) is 19.2 Å². The molecule has 4 aliphatic rings. The molecular weight excluding hydrogens is 432 g/mol. The maximum Gasteiger partial charge on any atom is 0.316 e. The maximum absolute atomic E-state index is 13.1. The molecule has 174 valence electrons. The van der Waals surface area contributed by atoms with Crippen molar-refractivity contribution in [2.24, 2.45) is 29.6 Å². The average molecular weight is 459 g/mol. The minimum atomic E-state index is -0.581. The number of carbonyl (C=O) groups excluding carboxylic acids is 4. The van der Waals surface area contributed by atoms with Gasteiger partial charge in [-0.15, -0.1) is 0 Å². The van der Waals surface area contributed by atoms with Gasteiger partial charge in [-0.3, -0.25) is 19.2 Å². The Morgan fingerprint density at radius 1 is 0.912 bits per heavy atom. The van der Waals surface area contributed by atoms with Gasteiger partial charge < -0.3 is 9.64 Å². The molecular formula is C27H26N2O5. The number of amides is 3. The van der Waals surface area contributed by atoms with E-state index in [0.29, 0.717) is 17.5 Å². The number of hydrogen-bond acceptors (Lipinski definition) is 5. The number of rotatable bonds is 4. The van der Waals surface area contributed by atoms with Gasteiger partial charge in [0.15, 0.2) is 0 Å². The molecule has 5 atom stereocenters. The fourth-order valence-corrected chi connectivity index (χ4v) is 6.39. The fourth-order valence-electron chi connectivity index (χ4n) is 6.39. The quantitative estimate of drug-likeness (QED) is 0.398. The highest BCUT2D eigenvalue weighted by molar-refractivity contribution is 6.22. The van der Waals surface area contributed by atoms with Crippen LogP contribution in [0, 0.1) is 36.5 Å². The number of aryl methyl sites for hydroxylation is 1. The first-order valence-electron chi connectivity index (χ1n) is 12.0. The Kier molecular flexibility index (Phi) is 4.83. The van der Waals surface area contributed by atoms with Crippen molar-refractivity contribution in [1.82, 2.24) is 0 Å². The van der Waals surface area contributed by atoms with E-state index in [2.05, 4.69) is 0 Å². The molecule has 2 bridgehead atoms. The van der Waals surface area contributed by atoms with E-state index >= 15 is 0 Å². The Morgan fingerprint density at radius 3 is 2.26 bits per heavy atom. The number of imide groups is 1. The second kappa shape index (κ2) is 7.79. The van der Waals surface area contributed by atoms with Crippen LogP contribution < -0.4 is 14.5 Å². The molecule has 0 N–H and O–H groups in total. The lowest BCUT2D eigenvalue weighted by Crippen LogP contribution is -2.32. The zero-order valence-electron chi connectivity index (χ0n) is 19.0. The Labute approximate surface area is 197 Å². The van der Waals surface area contributed by atoms with Crippen LogP contribution in [0.4, 0.5) is 11.4 Å². The van der Waals surface area contributed by atoms with Gasteiger partial charge in [-0.05, 0) is 62.3 Å². The highest BCUT2D eigenvalue weighted by atomic mass is 16.5. The standard InChI is InChI=1S/C27H26N2O5/c1-15-5-9-19(10-6-15)28-14-18(12-22(28)30)27(33)34-21-4-2-3-20(13-21)29-25(31)23-16-7-8-17(11-16)24(23)26(29)32/h2-6,9-10,13,16-18,23-24H,7-8,11-12,14H2,1H3/t16-,17-,18+,23-,24+/m0/s1. The number of fused-ring (bicyclic) bond motifs is 5. The first kappa shape index (κ1) is 21.1. The van der Waals surface area contributed by atoms with Gasteiger partial charge in [0.2, 0.25) is 17.7 Å². The molecule has 2 saturated carbocycles. The second-order valence-corrected chi connectivity index (χ2v) is 10.1. The van der Waals surface area contributed by atoms with Gasteiger partial charge in [0.1, 0.15) is 5.75 Å². The molecule has 2 heterocycles. The van der Waals surface area contributed by atoms with Crippen molar-refractivity contribution in [3.05, 3.63) is 54.1 Å². The molecule has 0 radical (unpaired) electrons. The van der Waals surface area contributed by atoms with E-state index in [-0.39, 0.29) is 48.3 Å². The van der Waals surface area contributed by atoms with Gasteiger partial charge in [-0.25, -0.2) is 4.90 Å². The summed E-state index contributed by atoms with van der Waals surface area (Å²) in [6, 6.07) is 14.2. The number of nitrogens with zero attached hydrogens (tertiary/aromatic N) is 2. The Bertz CT molecular complexity index is 1180. The van der Waals surface area contributed by atoms with Crippen molar-refractivity contribution in [2.75, 3.05) is 16.3 Å². The molecule has 2 aromatic rings. The Morgan fingerprint density at radius 2 is 1.59 bits per heavy atom. The molecule has 7 heteroatoms. The predicted molar refractivity (Wildman–Crippen MR) is 124 cm³/mol. The van der Waals surface area contributed by atoms with Gasteiger partial charge in [-0.1, -0.05) is 23.8 Å². The number of ether oxygens (including phenoxy) is 1. The van der Waals surface area contributed by atoms with Gasteiger partial charge >= 0.3 is 5.97 Å². The summed E-state index contributed by atoms with van der Waals surface area (Å²) in [5, 5.41) is 0. The van der Waals surface area contributed by atoms with Gasteiger partial charge in [0, 0.05) is 24.7 Å². The van der Waals surface area contributed by atoms with Crippen LogP contribution in [0.2, 0.25) is 0 Å². The van der Waals surface area contributed by atoms with Crippen LogP contribution in [0.15, 0.2) is 48.5 Å². The third-order valence-electron chi connectivity index (χ3n) is 8.03. The summed E-state index contributed by atoms with van der Waals surface area (Å²) in [6.45, 7) is 2.24. The molecule has 6 rings (SSSR count). The van der Waals surface area contributed by atoms with E-state index in [1.165, 1.54) is 4.90 Å². The van der Waals surface area contributed by atoms with Crippen molar-refractivity contribution in [3.63, 3.8) is 0 Å². The van der Waals surface area contributed by atoms with Gasteiger partial charge in [-0.2, -0.15) is 0 Å². The average Bonchev–Trinajstić information content (AvgIpc) is 3.58. The summed E-state index contributed by atoms with van der Waals surface area (Å²) in [7, 11) is 0. The van der Waals surface area contributed by atoms with Gasteiger partial charge in [0.05, 0.1) is 23.4 Å². The highest BCUT2D eigenvalue weighted by Gasteiger charge is 2.61. The van der Waals surface area contributed by atoms with Gasteiger partial charge in [0.25, 0.3) is 0 Å². The lowest BCUT2D eigenvalue weighted by molar-refractivity contribution is -0.139. The lowest BCUT2D eigenvalue weighted by Gasteiger charge is -2.19. The first-order chi connectivity index (χ1) is 16.4. The summed E-state index contributed by atoms with van der Waals surface area (Å²) in [6.07, 6.45) is 3.12. The largest absolute Gasteiger partial charge is 0.426 e. The number of benzene rings is 2. The minimum Gasteiger partial charge on any atom is -0.426 e. The zero-order valence-corrected chi connectivity index (χ0v) is 19.0. The smallest absolute Gasteiger partial charge is 0.316 e. The van der Waals surface area contributed by atoms with Crippen molar-refractivity contribution < 1.29 is 23.9 Å².